The highest BCUT2D eigenvalue weighted by Crippen LogP contribution is 2.12. The number of nitrogens with one attached hydrogen (secondary N) is 1. The number of carbonyl (C=O) groups is 1. The molecule has 1 N–H and O–H groups in total. The Morgan fingerprint density at radius 2 is 2.31 bits per heavy atom. The summed E-state index contributed by atoms with van der Waals surface area (Å²) in [5.41, 5.74) is 4.26. The van der Waals surface area contributed by atoms with Gasteiger partial charge in [-0.1, -0.05) is 23.7 Å². The van der Waals surface area contributed by atoms with Crippen LogP contribution in [0.25, 0.3) is 0 Å². The van der Waals surface area contributed by atoms with E-state index in [-0.39, 0.29) is 5.91 Å². The van der Waals surface area contributed by atoms with Gasteiger partial charge < -0.3 is 0 Å². The number of hydrogen-bond donors (Lipinski definition) is 1. The largest absolute Gasteiger partial charge is 0.278 e. The van der Waals surface area contributed by atoms with E-state index in [2.05, 4.69) is 5.43 Å². The number of hydrogen-bond acceptors (Lipinski definition) is 2. The smallest absolute Gasteiger partial charge is 0.236 e. The SMILES string of the molecule is O=C1CCCNN1CCc1cccc(Cl)c1. The molecule has 1 aliphatic rings. The van der Waals surface area contributed by atoms with Crippen molar-refractivity contribution in [3.05, 3.63) is 34.9 Å². The number of rotatable bonds is 3. The Balaban J connectivity index is 1.89. The van der Waals surface area contributed by atoms with Crippen LogP contribution in [0.4, 0.5) is 0 Å². The lowest BCUT2D eigenvalue weighted by atomic mass is 10.1. The Morgan fingerprint density at radius 3 is 3.06 bits per heavy atom. The van der Waals surface area contributed by atoms with Crippen LogP contribution in [0.5, 0.6) is 0 Å². The Bertz CT molecular complexity index is 381. The molecule has 0 radical (unpaired) electrons. The molecule has 0 atom stereocenters. The summed E-state index contributed by atoms with van der Waals surface area (Å²) in [4.78, 5) is 11.5. The lowest BCUT2D eigenvalue weighted by Gasteiger charge is -2.27. The van der Waals surface area contributed by atoms with Crippen LogP contribution in [0.1, 0.15) is 18.4 Å². The van der Waals surface area contributed by atoms with Crippen molar-refractivity contribution in [1.29, 1.82) is 0 Å². The molecule has 0 aromatic heterocycles. The van der Waals surface area contributed by atoms with E-state index < -0.39 is 0 Å². The van der Waals surface area contributed by atoms with Crippen LogP contribution in [0.3, 0.4) is 0 Å². The predicted molar refractivity (Wildman–Crippen MR) is 64.1 cm³/mol. The predicted octanol–water partition coefficient (Wildman–Crippen LogP) is 2.01. The van der Waals surface area contributed by atoms with Gasteiger partial charge in [0.2, 0.25) is 5.91 Å². The summed E-state index contributed by atoms with van der Waals surface area (Å²) in [6, 6.07) is 7.76. The minimum Gasteiger partial charge on any atom is -0.278 e. The topological polar surface area (TPSA) is 32.3 Å². The van der Waals surface area contributed by atoms with Gasteiger partial charge in [-0.2, -0.15) is 0 Å². The fourth-order valence-electron chi connectivity index (χ4n) is 1.81. The van der Waals surface area contributed by atoms with Crippen molar-refractivity contribution in [2.75, 3.05) is 13.1 Å². The van der Waals surface area contributed by atoms with E-state index in [4.69, 9.17) is 11.6 Å². The number of nitrogens with zero attached hydrogens (tertiary/aromatic N) is 1. The molecule has 0 unspecified atom stereocenters. The van der Waals surface area contributed by atoms with Crippen molar-refractivity contribution in [3.8, 4) is 0 Å². The molecule has 1 saturated heterocycles. The number of hydrazine groups is 1. The third-order valence-electron chi connectivity index (χ3n) is 2.68. The highest BCUT2D eigenvalue weighted by atomic mass is 35.5. The van der Waals surface area contributed by atoms with Crippen molar-refractivity contribution in [3.63, 3.8) is 0 Å². The minimum absolute atomic E-state index is 0.188. The lowest BCUT2D eigenvalue weighted by molar-refractivity contribution is -0.136. The summed E-state index contributed by atoms with van der Waals surface area (Å²) >= 11 is 5.90. The van der Waals surface area contributed by atoms with Crippen LogP contribution in [0.15, 0.2) is 24.3 Å². The summed E-state index contributed by atoms with van der Waals surface area (Å²) in [6.07, 6.45) is 2.42. The number of halogens is 1. The Hall–Kier alpha value is -1.06. The molecule has 0 saturated carbocycles. The molecule has 1 fully saturated rings. The summed E-state index contributed by atoms with van der Waals surface area (Å²) in [7, 11) is 0. The monoisotopic (exact) mass is 238 g/mol. The first-order valence-corrected chi connectivity index (χ1v) is 5.92. The number of benzene rings is 1. The zero-order valence-electron chi connectivity index (χ0n) is 9.08. The lowest BCUT2D eigenvalue weighted by Crippen LogP contribution is -2.47. The van der Waals surface area contributed by atoms with E-state index in [0.29, 0.717) is 13.0 Å². The molecule has 0 spiro atoms. The average Bonchev–Trinajstić information content (AvgIpc) is 2.28. The fourth-order valence-corrected chi connectivity index (χ4v) is 2.03. The van der Waals surface area contributed by atoms with Gasteiger partial charge >= 0.3 is 0 Å². The van der Waals surface area contributed by atoms with E-state index in [1.54, 1.807) is 5.01 Å². The molecule has 1 aromatic rings. The zero-order chi connectivity index (χ0) is 11.4. The van der Waals surface area contributed by atoms with Gasteiger partial charge in [0.05, 0.1) is 0 Å². The normalized spacial score (nSPS) is 16.6. The van der Waals surface area contributed by atoms with Crippen LogP contribution in [0, 0.1) is 0 Å². The standard InChI is InChI=1S/C12H15ClN2O/c13-11-4-1-3-10(9-11)6-8-15-12(16)5-2-7-14-15/h1,3-4,9,14H,2,5-8H2. The molecule has 86 valence electrons. The molecule has 3 nitrogen and oxygen atoms in total. The summed E-state index contributed by atoms with van der Waals surface area (Å²) in [5.74, 6) is 0.188. The van der Waals surface area contributed by atoms with Gasteiger partial charge in [0.15, 0.2) is 0 Å². The summed E-state index contributed by atoms with van der Waals surface area (Å²) < 4.78 is 0. The van der Waals surface area contributed by atoms with E-state index >= 15 is 0 Å². The van der Waals surface area contributed by atoms with Crippen LogP contribution in [0.2, 0.25) is 5.02 Å². The molecule has 16 heavy (non-hydrogen) atoms. The molecule has 1 aliphatic heterocycles. The summed E-state index contributed by atoms with van der Waals surface area (Å²) in [5, 5.41) is 2.46. The molecule has 1 amide bonds. The number of carbonyl (C=O) groups excluding carboxylic acids is 1. The summed E-state index contributed by atoms with van der Waals surface area (Å²) in [6.45, 7) is 1.60. The molecule has 1 aromatic carbocycles. The molecule has 2 rings (SSSR count). The zero-order valence-corrected chi connectivity index (χ0v) is 9.83. The highest BCUT2D eigenvalue weighted by Gasteiger charge is 2.16. The Morgan fingerprint density at radius 1 is 1.44 bits per heavy atom. The first-order chi connectivity index (χ1) is 7.75. The average molecular weight is 239 g/mol. The first kappa shape index (κ1) is 11.4. The minimum atomic E-state index is 0.188. The van der Waals surface area contributed by atoms with Crippen molar-refractivity contribution in [2.24, 2.45) is 0 Å². The fraction of sp³-hybridized carbons (Fsp3) is 0.417. The van der Waals surface area contributed by atoms with E-state index in [1.165, 1.54) is 0 Å². The van der Waals surface area contributed by atoms with Crippen molar-refractivity contribution >= 4 is 17.5 Å². The molecule has 0 aliphatic carbocycles. The van der Waals surface area contributed by atoms with Gasteiger partial charge in [-0.15, -0.1) is 0 Å². The Kier molecular flexibility index (Phi) is 3.80. The van der Waals surface area contributed by atoms with Gasteiger partial charge in [0.25, 0.3) is 0 Å². The van der Waals surface area contributed by atoms with Gasteiger partial charge in [-0.25, -0.2) is 5.43 Å². The van der Waals surface area contributed by atoms with Gasteiger partial charge in [-0.3, -0.25) is 9.80 Å². The maximum absolute atomic E-state index is 11.5. The van der Waals surface area contributed by atoms with Gasteiger partial charge in [0.1, 0.15) is 0 Å². The maximum atomic E-state index is 11.5. The molecule has 0 bridgehead atoms. The third kappa shape index (κ3) is 2.97. The quantitative estimate of drug-likeness (QED) is 0.874. The molecular weight excluding hydrogens is 224 g/mol. The van der Waals surface area contributed by atoms with Crippen molar-refractivity contribution in [2.45, 2.75) is 19.3 Å². The second-order valence-electron chi connectivity index (χ2n) is 3.94. The Labute approximate surface area is 100 Å². The van der Waals surface area contributed by atoms with Gasteiger partial charge in [0, 0.05) is 24.5 Å². The first-order valence-electron chi connectivity index (χ1n) is 5.54. The van der Waals surface area contributed by atoms with E-state index in [1.807, 2.05) is 24.3 Å². The third-order valence-corrected chi connectivity index (χ3v) is 2.92. The molecule has 1 heterocycles. The van der Waals surface area contributed by atoms with Crippen LogP contribution < -0.4 is 5.43 Å². The van der Waals surface area contributed by atoms with E-state index in [0.717, 1.165) is 30.0 Å². The van der Waals surface area contributed by atoms with Gasteiger partial charge in [-0.05, 0) is 30.5 Å². The maximum Gasteiger partial charge on any atom is 0.236 e. The second-order valence-corrected chi connectivity index (χ2v) is 4.37. The van der Waals surface area contributed by atoms with Crippen molar-refractivity contribution in [1.82, 2.24) is 10.4 Å². The number of amides is 1. The molecule has 4 heteroatoms. The van der Waals surface area contributed by atoms with Crippen LogP contribution >= 0.6 is 11.6 Å². The van der Waals surface area contributed by atoms with E-state index in [9.17, 15) is 4.79 Å². The van der Waals surface area contributed by atoms with Crippen molar-refractivity contribution < 1.29 is 4.79 Å². The second kappa shape index (κ2) is 5.32. The van der Waals surface area contributed by atoms with Crippen LogP contribution in [-0.2, 0) is 11.2 Å². The van der Waals surface area contributed by atoms with Crippen LogP contribution in [-0.4, -0.2) is 24.0 Å². The molecular formula is C12H15ClN2O. The highest BCUT2D eigenvalue weighted by molar-refractivity contribution is 6.30.